The molecule has 0 bridgehead atoms. The zero-order valence-electron chi connectivity index (χ0n) is 12.1. The summed E-state index contributed by atoms with van der Waals surface area (Å²) in [5, 5.41) is 16.8. The fraction of sp³-hybridized carbons (Fsp3) is 0.533. The fourth-order valence-corrected chi connectivity index (χ4v) is 2.72. The number of aliphatic hydroxyl groups is 1. The number of rotatable bonds is 6. The first-order valence-corrected chi connectivity index (χ1v) is 6.87. The van der Waals surface area contributed by atoms with E-state index in [0.717, 1.165) is 31.5 Å². The summed E-state index contributed by atoms with van der Waals surface area (Å²) in [4.78, 5) is 2.25. The van der Waals surface area contributed by atoms with Gasteiger partial charge in [-0.3, -0.25) is 5.41 Å². The van der Waals surface area contributed by atoms with E-state index < -0.39 is 0 Å². The zero-order valence-corrected chi connectivity index (χ0v) is 12.1. The number of nitrogens with zero attached hydrogens (tertiary/aromatic N) is 1. The first kappa shape index (κ1) is 14.8. The van der Waals surface area contributed by atoms with Crippen LogP contribution in [0.2, 0.25) is 0 Å². The predicted octanol–water partition coefficient (Wildman–Crippen LogP) is 1.18. The molecule has 1 aromatic carbocycles. The molecule has 0 saturated heterocycles. The summed E-state index contributed by atoms with van der Waals surface area (Å²) in [6.45, 7) is 1.81. The highest BCUT2D eigenvalue weighted by molar-refractivity contribution is 5.97. The molecular formula is C15H23N3O2. The van der Waals surface area contributed by atoms with Crippen LogP contribution in [0.15, 0.2) is 18.2 Å². The Balaban J connectivity index is 1.96. The number of nitrogen functional groups attached to an aromatic ring is 1. The second kappa shape index (κ2) is 6.24. The van der Waals surface area contributed by atoms with Crippen molar-refractivity contribution in [3.8, 4) is 5.75 Å². The van der Waals surface area contributed by atoms with Crippen LogP contribution in [0.25, 0.3) is 0 Å². The summed E-state index contributed by atoms with van der Waals surface area (Å²) in [5.74, 6) is 1.26. The van der Waals surface area contributed by atoms with E-state index in [9.17, 15) is 5.11 Å². The lowest BCUT2D eigenvalue weighted by Gasteiger charge is -2.34. The Bertz CT molecular complexity index is 484. The van der Waals surface area contributed by atoms with Crippen LogP contribution < -0.4 is 10.5 Å². The van der Waals surface area contributed by atoms with E-state index in [1.165, 1.54) is 0 Å². The van der Waals surface area contributed by atoms with Crippen LogP contribution in [-0.2, 0) is 6.54 Å². The topological polar surface area (TPSA) is 82.6 Å². The van der Waals surface area contributed by atoms with Crippen LogP contribution in [-0.4, -0.2) is 42.6 Å². The highest BCUT2D eigenvalue weighted by atomic mass is 16.5. The highest BCUT2D eigenvalue weighted by Crippen LogP contribution is 2.28. The summed E-state index contributed by atoms with van der Waals surface area (Å²) < 4.78 is 5.28. The molecule has 1 fully saturated rings. The molecule has 0 radical (unpaired) electrons. The third kappa shape index (κ3) is 3.49. The highest BCUT2D eigenvalue weighted by Gasteiger charge is 2.27. The molecule has 1 saturated carbocycles. The van der Waals surface area contributed by atoms with Gasteiger partial charge in [-0.2, -0.15) is 0 Å². The molecule has 20 heavy (non-hydrogen) atoms. The van der Waals surface area contributed by atoms with E-state index in [2.05, 4.69) is 11.9 Å². The van der Waals surface area contributed by atoms with Gasteiger partial charge in [0, 0.05) is 13.1 Å². The monoisotopic (exact) mass is 277 g/mol. The number of ether oxygens (including phenoxy) is 1. The van der Waals surface area contributed by atoms with Crippen molar-refractivity contribution in [1.29, 1.82) is 5.41 Å². The van der Waals surface area contributed by atoms with E-state index >= 15 is 0 Å². The smallest absolute Gasteiger partial charge is 0.130 e. The van der Waals surface area contributed by atoms with Gasteiger partial charge >= 0.3 is 0 Å². The average molecular weight is 277 g/mol. The van der Waals surface area contributed by atoms with Gasteiger partial charge in [-0.15, -0.1) is 0 Å². The fourth-order valence-electron chi connectivity index (χ4n) is 2.72. The van der Waals surface area contributed by atoms with Crippen molar-refractivity contribution >= 4 is 5.84 Å². The number of methoxy groups -OCH3 is 1. The minimum absolute atomic E-state index is 0.0187. The maximum Gasteiger partial charge on any atom is 0.130 e. The average Bonchev–Trinajstić information content (AvgIpc) is 2.36. The second-order valence-electron chi connectivity index (χ2n) is 5.64. The number of nitrogens with two attached hydrogens (primary N) is 1. The zero-order chi connectivity index (χ0) is 14.7. The predicted molar refractivity (Wildman–Crippen MR) is 79.1 cm³/mol. The molecule has 2 rings (SSSR count). The lowest BCUT2D eigenvalue weighted by Crippen LogP contribution is -2.36. The minimum atomic E-state index is -0.0941. The van der Waals surface area contributed by atoms with Crippen molar-refractivity contribution in [2.75, 3.05) is 20.7 Å². The molecule has 110 valence electrons. The molecule has 0 atom stereocenters. The van der Waals surface area contributed by atoms with E-state index in [1.54, 1.807) is 7.11 Å². The van der Waals surface area contributed by atoms with Crippen LogP contribution in [0, 0.1) is 11.3 Å². The van der Waals surface area contributed by atoms with Crippen molar-refractivity contribution in [2.45, 2.75) is 25.5 Å². The normalized spacial score (nSPS) is 21.6. The molecule has 5 nitrogen and oxygen atoms in total. The SMILES string of the molecule is COc1cc(CN(C)CC2CC(O)C2)ccc1C(=N)N. The van der Waals surface area contributed by atoms with Crippen LogP contribution in [0.4, 0.5) is 0 Å². The largest absolute Gasteiger partial charge is 0.496 e. The van der Waals surface area contributed by atoms with Crippen molar-refractivity contribution in [3.05, 3.63) is 29.3 Å². The molecule has 1 aromatic rings. The lowest BCUT2D eigenvalue weighted by molar-refractivity contribution is 0.0274. The molecule has 4 N–H and O–H groups in total. The maximum atomic E-state index is 9.30. The minimum Gasteiger partial charge on any atom is -0.496 e. The summed E-state index contributed by atoms with van der Waals surface area (Å²) in [6, 6.07) is 5.74. The van der Waals surface area contributed by atoms with Crippen molar-refractivity contribution in [1.82, 2.24) is 4.90 Å². The molecule has 0 amide bonds. The number of aliphatic hydroxyl groups excluding tert-OH is 1. The molecule has 0 heterocycles. The van der Waals surface area contributed by atoms with Gasteiger partial charge in [-0.05, 0) is 43.5 Å². The molecule has 0 aliphatic heterocycles. The van der Waals surface area contributed by atoms with Crippen LogP contribution in [0.3, 0.4) is 0 Å². The number of amidine groups is 1. The lowest BCUT2D eigenvalue weighted by atomic mass is 9.82. The van der Waals surface area contributed by atoms with Gasteiger partial charge in [0.05, 0.1) is 18.8 Å². The Kier molecular flexibility index (Phi) is 4.62. The summed E-state index contributed by atoms with van der Waals surface area (Å²) in [7, 11) is 3.67. The van der Waals surface area contributed by atoms with Gasteiger partial charge in [-0.25, -0.2) is 0 Å². The number of hydrogen-bond acceptors (Lipinski definition) is 4. The third-order valence-corrected chi connectivity index (χ3v) is 3.79. The molecule has 1 aliphatic rings. The van der Waals surface area contributed by atoms with E-state index in [1.807, 2.05) is 18.2 Å². The molecule has 1 aliphatic carbocycles. The van der Waals surface area contributed by atoms with Gasteiger partial charge < -0.3 is 20.5 Å². The quantitative estimate of drug-likeness (QED) is 0.538. The summed E-state index contributed by atoms with van der Waals surface area (Å²) in [6.07, 6.45) is 1.73. The first-order valence-electron chi connectivity index (χ1n) is 6.87. The van der Waals surface area contributed by atoms with Crippen LogP contribution in [0.1, 0.15) is 24.0 Å². The molecule has 5 heteroatoms. The second-order valence-corrected chi connectivity index (χ2v) is 5.64. The van der Waals surface area contributed by atoms with Gasteiger partial charge in [0.1, 0.15) is 11.6 Å². The Morgan fingerprint density at radius 1 is 1.50 bits per heavy atom. The van der Waals surface area contributed by atoms with Crippen molar-refractivity contribution < 1.29 is 9.84 Å². The number of benzene rings is 1. The van der Waals surface area contributed by atoms with Gasteiger partial charge in [0.25, 0.3) is 0 Å². The molecular weight excluding hydrogens is 254 g/mol. The summed E-state index contributed by atoms with van der Waals surface area (Å²) >= 11 is 0. The Labute approximate surface area is 119 Å². The van der Waals surface area contributed by atoms with Gasteiger partial charge in [0.2, 0.25) is 0 Å². The Morgan fingerprint density at radius 3 is 2.75 bits per heavy atom. The van der Waals surface area contributed by atoms with Crippen molar-refractivity contribution in [3.63, 3.8) is 0 Å². The Morgan fingerprint density at radius 2 is 2.20 bits per heavy atom. The standard InChI is InChI=1S/C15H23N3O2/c1-18(9-11-5-12(19)6-11)8-10-3-4-13(15(16)17)14(7-10)20-2/h3-4,7,11-12,19H,5-6,8-9H2,1-2H3,(H3,16,17). The molecule has 0 spiro atoms. The van der Waals surface area contributed by atoms with E-state index in [4.69, 9.17) is 15.9 Å². The van der Waals surface area contributed by atoms with Gasteiger partial charge in [0.15, 0.2) is 0 Å². The van der Waals surface area contributed by atoms with Crippen LogP contribution in [0.5, 0.6) is 5.75 Å². The Hall–Kier alpha value is -1.59. The maximum absolute atomic E-state index is 9.30. The molecule has 0 unspecified atom stereocenters. The third-order valence-electron chi connectivity index (χ3n) is 3.79. The number of nitrogens with one attached hydrogen (secondary N) is 1. The number of hydrogen-bond donors (Lipinski definition) is 3. The summed E-state index contributed by atoms with van der Waals surface area (Å²) in [5.41, 5.74) is 7.27. The molecule has 0 aromatic heterocycles. The van der Waals surface area contributed by atoms with E-state index in [0.29, 0.717) is 17.2 Å². The van der Waals surface area contributed by atoms with Gasteiger partial charge in [-0.1, -0.05) is 6.07 Å². The van der Waals surface area contributed by atoms with Crippen LogP contribution >= 0.6 is 0 Å². The van der Waals surface area contributed by atoms with E-state index in [-0.39, 0.29) is 11.9 Å². The first-order chi connectivity index (χ1) is 9.49. The van der Waals surface area contributed by atoms with Crippen molar-refractivity contribution in [2.24, 2.45) is 11.7 Å².